The van der Waals surface area contributed by atoms with Crippen LogP contribution in [0.25, 0.3) is 0 Å². The van der Waals surface area contributed by atoms with Gasteiger partial charge in [0.25, 0.3) is 0 Å². The molecule has 0 aliphatic rings. The van der Waals surface area contributed by atoms with Crippen molar-refractivity contribution in [2.24, 2.45) is 0 Å². The lowest BCUT2D eigenvalue weighted by Gasteiger charge is -2.16. The second-order valence-corrected chi connectivity index (χ2v) is 7.61. The lowest BCUT2D eigenvalue weighted by molar-refractivity contribution is 0.269. The third kappa shape index (κ3) is 5.74. The molecule has 0 bridgehead atoms. The highest BCUT2D eigenvalue weighted by Gasteiger charge is 2.12. The van der Waals surface area contributed by atoms with Crippen molar-refractivity contribution in [2.75, 3.05) is 19.0 Å². The van der Waals surface area contributed by atoms with Crippen molar-refractivity contribution in [3.8, 4) is 17.2 Å². The summed E-state index contributed by atoms with van der Waals surface area (Å²) in [5, 5.41) is 4.47. The molecule has 0 aliphatic heterocycles. The highest BCUT2D eigenvalue weighted by molar-refractivity contribution is 6.32. The lowest BCUT2D eigenvalue weighted by atomic mass is 10.1. The van der Waals surface area contributed by atoms with Crippen LogP contribution in [-0.2, 0) is 13.2 Å². The molecule has 3 aromatic carbocycles. The maximum absolute atomic E-state index is 6.53. The Balaban J connectivity index is 1.73. The van der Waals surface area contributed by atoms with Gasteiger partial charge in [0.1, 0.15) is 12.4 Å². The smallest absolute Gasteiger partial charge is 0.163 e. The van der Waals surface area contributed by atoms with E-state index in [1.165, 1.54) is 5.56 Å². The first kappa shape index (κ1) is 22.1. The standard InChI is InChI=1S/C24H25Cl2NO3/c1-4-29-23-11-18(14-27-19-9-10-22(28-3)21(26)12-19)20(25)13-24(23)30-15-17-7-5-16(2)6-8-17/h5-13,27H,4,14-15H2,1-3H3. The fourth-order valence-electron chi connectivity index (χ4n) is 2.91. The molecule has 0 saturated heterocycles. The lowest BCUT2D eigenvalue weighted by Crippen LogP contribution is -2.04. The molecule has 1 N–H and O–H groups in total. The average molecular weight is 446 g/mol. The highest BCUT2D eigenvalue weighted by atomic mass is 35.5. The molecular weight excluding hydrogens is 421 g/mol. The fraction of sp³-hybridized carbons (Fsp3) is 0.250. The van der Waals surface area contributed by atoms with Crippen LogP contribution in [0.15, 0.2) is 54.6 Å². The Labute approximate surface area is 187 Å². The number of benzene rings is 3. The Hall–Kier alpha value is -2.56. The molecule has 6 heteroatoms. The molecule has 0 fully saturated rings. The predicted octanol–water partition coefficient (Wildman–Crippen LogP) is 6.90. The van der Waals surface area contributed by atoms with E-state index in [-0.39, 0.29) is 0 Å². The number of hydrogen-bond donors (Lipinski definition) is 1. The summed E-state index contributed by atoms with van der Waals surface area (Å²) in [7, 11) is 1.59. The third-order valence-corrected chi connectivity index (χ3v) is 5.21. The highest BCUT2D eigenvalue weighted by Crippen LogP contribution is 2.35. The molecule has 0 spiro atoms. The van der Waals surface area contributed by atoms with Crippen LogP contribution in [0.2, 0.25) is 10.0 Å². The molecule has 0 radical (unpaired) electrons. The van der Waals surface area contributed by atoms with Gasteiger partial charge in [-0.05, 0) is 49.2 Å². The molecule has 0 aromatic heterocycles. The number of aryl methyl sites for hydroxylation is 1. The second-order valence-electron chi connectivity index (χ2n) is 6.80. The van der Waals surface area contributed by atoms with Gasteiger partial charge >= 0.3 is 0 Å². The maximum atomic E-state index is 6.53. The molecule has 4 nitrogen and oxygen atoms in total. The molecule has 158 valence electrons. The van der Waals surface area contributed by atoms with E-state index in [0.29, 0.717) is 47.1 Å². The summed E-state index contributed by atoms with van der Waals surface area (Å²) in [6.45, 7) is 5.49. The van der Waals surface area contributed by atoms with Crippen LogP contribution in [0.4, 0.5) is 5.69 Å². The van der Waals surface area contributed by atoms with Gasteiger partial charge in [0.2, 0.25) is 0 Å². The first-order valence-corrected chi connectivity index (χ1v) is 10.5. The quantitative estimate of drug-likeness (QED) is 0.388. The zero-order valence-corrected chi connectivity index (χ0v) is 18.8. The summed E-state index contributed by atoms with van der Waals surface area (Å²) >= 11 is 12.7. The van der Waals surface area contributed by atoms with E-state index in [0.717, 1.165) is 16.8 Å². The zero-order valence-electron chi connectivity index (χ0n) is 17.3. The van der Waals surface area contributed by atoms with Crippen LogP contribution < -0.4 is 19.5 Å². The molecule has 0 unspecified atom stereocenters. The van der Waals surface area contributed by atoms with Crippen LogP contribution in [0.5, 0.6) is 17.2 Å². The summed E-state index contributed by atoms with van der Waals surface area (Å²) in [5.74, 6) is 1.92. The van der Waals surface area contributed by atoms with Gasteiger partial charge in [-0.3, -0.25) is 0 Å². The Morgan fingerprint density at radius 1 is 0.833 bits per heavy atom. The van der Waals surface area contributed by atoms with E-state index in [1.807, 2.05) is 31.2 Å². The number of anilines is 1. The van der Waals surface area contributed by atoms with Gasteiger partial charge < -0.3 is 19.5 Å². The number of ether oxygens (including phenoxy) is 3. The number of rotatable bonds is 9. The normalized spacial score (nSPS) is 10.6. The van der Waals surface area contributed by atoms with Crippen molar-refractivity contribution in [3.63, 3.8) is 0 Å². The average Bonchev–Trinajstić information content (AvgIpc) is 2.74. The topological polar surface area (TPSA) is 39.7 Å². The molecule has 0 amide bonds. The molecule has 3 rings (SSSR count). The number of nitrogens with one attached hydrogen (secondary N) is 1. The van der Waals surface area contributed by atoms with E-state index < -0.39 is 0 Å². The maximum Gasteiger partial charge on any atom is 0.163 e. The van der Waals surface area contributed by atoms with Crippen LogP contribution in [0, 0.1) is 6.92 Å². The van der Waals surface area contributed by atoms with Crippen molar-refractivity contribution >= 4 is 28.9 Å². The Morgan fingerprint density at radius 2 is 1.57 bits per heavy atom. The van der Waals surface area contributed by atoms with Crippen LogP contribution in [0.1, 0.15) is 23.6 Å². The SMILES string of the molecule is CCOc1cc(CNc2ccc(OC)c(Cl)c2)c(Cl)cc1OCc1ccc(C)cc1. The number of methoxy groups -OCH3 is 1. The van der Waals surface area contributed by atoms with E-state index in [4.69, 9.17) is 37.4 Å². The molecule has 0 heterocycles. The Kier molecular flexibility index (Phi) is 7.72. The van der Waals surface area contributed by atoms with Gasteiger partial charge in [-0.2, -0.15) is 0 Å². The minimum atomic E-state index is 0.443. The van der Waals surface area contributed by atoms with Crippen LogP contribution in [0.3, 0.4) is 0 Å². The van der Waals surface area contributed by atoms with Crippen molar-refractivity contribution in [1.29, 1.82) is 0 Å². The van der Waals surface area contributed by atoms with Crippen LogP contribution >= 0.6 is 23.2 Å². The first-order chi connectivity index (χ1) is 14.5. The fourth-order valence-corrected chi connectivity index (χ4v) is 3.39. The van der Waals surface area contributed by atoms with Gasteiger partial charge in [-0.15, -0.1) is 0 Å². The molecule has 0 atom stereocenters. The van der Waals surface area contributed by atoms with Gasteiger partial charge in [0.05, 0.1) is 18.7 Å². The predicted molar refractivity (Wildman–Crippen MR) is 123 cm³/mol. The minimum Gasteiger partial charge on any atom is -0.495 e. The largest absolute Gasteiger partial charge is 0.495 e. The number of halogens is 2. The number of hydrogen-bond acceptors (Lipinski definition) is 4. The molecule has 0 saturated carbocycles. The van der Waals surface area contributed by atoms with Crippen LogP contribution in [-0.4, -0.2) is 13.7 Å². The first-order valence-electron chi connectivity index (χ1n) is 9.71. The van der Waals surface area contributed by atoms with Crippen molar-refractivity contribution in [2.45, 2.75) is 27.0 Å². The minimum absolute atomic E-state index is 0.443. The second kappa shape index (κ2) is 10.5. The van der Waals surface area contributed by atoms with Crippen molar-refractivity contribution in [1.82, 2.24) is 0 Å². The van der Waals surface area contributed by atoms with Gasteiger partial charge in [0.15, 0.2) is 11.5 Å². The van der Waals surface area contributed by atoms with Crippen molar-refractivity contribution in [3.05, 3.63) is 81.3 Å². The van der Waals surface area contributed by atoms with Gasteiger partial charge in [-0.1, -0.05) is 53.0 Å². The molecule has 30 heavy (non-hydrogen) atoms. The summed E-state index contributed by atoms with van der Waals surface area (Å²) in [4.78, 5) is 0. The molecular formula is C24H25Cl2NO3. The van der Waals surface area contributed by atoms with Gasteiger partial charge in [-0.25, -0.2) is 0 Å². The van der Waals surface area contributed by atoms with Crippen molar-refractivity contribution < 1.29 is 14.2 Å². The summed E-state index contributed by atoms with van der Waals surface area (Å²) < 4.78 is 17.0. The molecule has 3 aromatic rings. The zero-order chi connectivity index (χ0) is 21.5. The summed E-state index contributed by atoms with van der Waals surface area (Å²) in [6.07, 6.45) is 0. The summed E-state index contributed by atoms with van der Waals surface area (Å²) in [5.41, 5.74) is 4.07. The van der Waals surface area contributed by atoms with E-state index in [1.54, 1.807) is 13.2 Å². The Morgan fingerprint density at radius 3 is 2.23 bits per heavy atom. The molecule has 0 aliphatic carbocycles. The monoisotopic (exact) mass is 445 g/mol. The third-order valence-electron chi connectivity index (χ3n) is 4.56. The van der Waals surface area contributed by atoms with E-state index >= 15 is 0 Å². The van der Waals surface area contributed by atoms with E-state index in [9.17, 15) is 0 Å². The van der Waals surface area contributed by atoms with E-state index in [2.05, 4.69) is 36.5 Å². The Bertz CT molecular complexity index is 990. The summed E-state index contributed by atoms with van der Waals surface area (Å²) in [6, 6.07) is 17.5. The van der Waals surface area contributed by atoms with Gasteiger partial charge in [0, 0.05) is 23.3 Å².